The van der Waals surface area contributed by atoms with E-state index in [4.69, 9.17) is 4.74 Å². The van der Waals surface area contributed by atoms with Crippen molar-refractivity contribution in [3.63, 3.8) is 0 Å². The van der Waals surface area contributed by atoms with Crippen molar-refractivity contribution < 1.29 is 4.74 Å². The smallest absolute Gasteiger partial charge is 0.0558 e. The number of benzene rings is 1. The number of methoxy groups -OCH3 is 1. The first-order chi connectivity index (χ1) is 8.08. The molecule has 0 aliphatic rings. The molecule has 0 aliphatic heterocycles. The first-order valence-corrected chi connectivity index (χ1v) is 6.33. The van der Waals surface area contributed by atoms with Gasteiger partial charge in [0.25, 0.3) is 0 Å². The molecule has 1 rings (SSSR count). The van der Waals surface area contributed by atoms with Crippen molar-refractivity contribution in [1.82, 2.24) is 5.32 Å². The zero-order valence-electron chi connectivity index (χ0n) is 11.7. The van der Waals surface area contributed by atoms with Crippen molar-refractivity contribution >= 4 is 0 Å². The maximum atomic E-state index is 5.34. The molecular formula is C15H25NO. The van der Waals surface area contributed by atoms with Crippen molar-refractivity contribution in [2.75, 3.05) is 14.2 Å². The second kappa shape index (κ2) is 6.77. The largest absolute Gasteiger partial charge is 0.382 e. The van der Waals surface area contributed by atoms with E-state index in [1.807, 2.05) is 7.05 Å². The summed E-state index contributed by atoms with van der Waals surface area (Å²) in [5.74, 6) is 0. The Morgan fingerprint density at radius 2 is 1.82 bits per heavy atom. The van der Waals surface area contributed by atoms with Crippen LogP contribution in [0.25, 0.3) is 0 Å². The molecule has 0 aliphatic carbocycles. The molecule has 0 saturated carbocycles. The van der Waals surface area contributed by atoms with Gasteiger partial charge in [-0.2, -0.15) is 0 Å². The lowest BCUT2D eigenvalue weighted by Gasteiger charge is -2.21. The number of hydrogen-bond acceptors (Lipinski definition) is 2. The lowest BCUT2D eigenvalue weighted by Crippen LogP contribution is -2.32. The van der Waals surface area contributed by atoms with Gasteiger partial charge in [-0.25, -0.2) is 0 Å². The fraction of sp³-hybridized carbons (Fsp3) is 0.600. The number of aryl methyl sites for hydroxylation is 2. The van der Waals surface area contributed by atoms with Crippen LogP contribution in [0.15, 0.2) is 18.2 Å². The second-order valence-electron chi connectivity index (χ2n) is 4.84. The number of likely N-dealkylation sites (N-methyl/N-ethyl adjacent to an activating group) is 1. The van der Waals surface area contributed by atoms with Gasteiger partial charge in [0, 0.05) is 13.2 Å². The summed E-state index contributed by atoms with van der Waals surface area (Å²) in [7, 11) is 3.80. The molecule has 96 valence electrons. The number of rotatable bonds is 6. The van der Waals surface area contributed by atoms with Gasteiger partial charge >= 0.3 is 0 Å². The zero-order chi connectivity index (χ0) is 12.8. The normalized spacial score (nSPS) is 14.6. The molecule has 0 heterocycles. The van der Waals surface area contributed by atoms with Gasteiger partial charge in [-0.3, -0.25) is 0 Å². The van der Waals surface area contributed by atoms with Crippen LogP contribution < -0.4 is 5.32 Å². The Hall–Kier alpha value is -0.860. The summed E-state index contributed by atoms with van der Waals surface area (Å²) in [6.45, 7) is 6.50. The van der Waals surface area contributed by atoms with Gasteiger partial charge in [-0.1, -0.05) is 18.2 Å². The molecule has 2 atom stereocenters. The van der Waals surface area contributed by atoms with Crippen LogP contribution in [0, 0.1) is 13.8 Å². The van der Waals surface area contributed by atoms with Crippen LogP contribution in [0.3, 0.4) is 0 Å². The molecule has 0 bridgehead atoms. The van der Waals surface area contributed by atoms with E-state index in [0.29, 0.717) is 12.1 Å². The molecule has 0 fully saturated rings. The van der Waals surface area contributed by atoms with Gasteiger partial charge in [0.1, 0.15) is 0 Å². The van der Waals surface area contributed by atoms with Crippen molar-refractivity contribution in [2.24, 2.45) is 0 Å². The molecule has 1 aromatic rings. The van der Waals surface area contributed by atoms with Crippen molar-refractivity contribution in [3.05, 3.63) is 34.9 Å². The molecule has 0 amide bonds. The fourth-order valence-corrected chi connectivity index (χ4v) is 2.22. The van der Waals surface area contributed by atoms with E-state index in [2.05, 4.69) is 44.3 Å². The summed E-state index contributed by atoms with van der Waals surface area (Å²) in [5.41, 5.74) is 4.24. The lowest BCUT2D eigenvalue weighted by molar-refractivity contribution is 0.101. The molecule has 0 spiro atoms. The lowest BCUT2D eigenvalue weighted by atomic mass is 9.94. The number of nitrogens with one attached hydrogen (secondary N) is 1. The number of ether oxygens (including phenoxy) is 1. The first kappa shape index (κ1) is 14.2. The average Bonchev–Trinajstić information content (AvgIpc) is 2.32. The highest BCUT2D eigenvalue weighted by molar-refractivity contribution is 5.34. The van der Waals surface area contributed by atoms with Crippen molar-refractivity contribution in [3.8, 4) is 0 Å². The summed E-state index contributed by atoms with van der Waals surface area (Å²) in [4.78, 5) is 0. The molecular weight excluding hydrogens is 210 g/mol. The Bertz CT molecular complexity index is 329. The Balaban J connectivity index is 2.73. The van der Waals surface area contributed by atoms with Gasteiger partial charge in [0.05, 0.1) is 6.10 Å². The van der Waals surface area contributed by atoms with E-state index < -0.39 is 0 Å². The molecule has 2 nitrogen and oxygen atoms in total. The van der Waals surface area contributed by atoms with Crippen LogP contribution in [0.2, 0.25) is 0 Å². The van der Waals surface area contributed by atoms with Crippen LogP contribution in [0.4, 0.5) is 0 Å². The molecule has 2 unspecified atom stereocenters. The maximum absolute atomic E-state index is 5.34. The summed E-state index contributed by atoms with van der Waals surface area (Å²) in [5, 5.41) is 3.39. The molecule has 17 heavy (non-hydrogen) atoms. The molecule has 1 N–H and O–H groups in total. The van der Waals surface area contributed by atoms with Crippen LogP contribution >= 0.6 is 0 Å². The van der Waals surface area contributed by atoms with Crippen LogP contribution in [-0.4, -0.2) is 26.3 Å². The topological polar surface area (TPSA) is 21.3 Å². The SMILES string of the molecule is CNC(Cc1c(C)cccc1C)CC(C)OC. The Kier molecular flexibility index (Phi) is 5.66. The number of hydrogen-bond donors (Lipinski definition) is 1. The Morgan fingerprint density at radius 1 is 1.24 bits per heavy atom. The third-order valence-corrected chi connectivity index (χ3v) is 3.52. The van der Waals surface area contributed by atoms with Gasteiger partial charge in [0.2, 0.25) is 0 Å². The Labute approximate surface area is 105 Å². The van der Waals surface area contributed by atoms with Crippen LogP contribution in [0.5, 0.6) is 0 Å². The predicted molar refractivity (Wildman–Crippen MR) is 73.6 cm³/mol. The Morgan fingerprint density at radius 3 is 2.29 bits per heavy atom. The minimum Gasteiger partial charge on any atom is -0.382 e. The van der Waals surface area contributed by atoms with E-state index in [9.17, 15) is 0 Å². The van der Waals surface area contributed by atoms with Crippen LogP contribution in [0.1, 0.15) is 30.0 Å². The highest BCUT2D eigenvalue weighted by Crippen LogP contribution is 2.17. The average molecular weight is 235 g/mol. The highest BCUT2D eigenvalue weighted by atomic mass is 16.5. The molecule has 0 radical (unpaired) electrons. The maximum Gasteiger partial charge on any atom is 0.0558 e. The minimum atomic E-state index is 0.303. The van der Waals surface area contributed by atoms with Crippen LogP contribution in [-0.2, 0) is 11.2 Å². The minimum absolute atomic E-state index is 0.303. The van der Waals surface area contributed by atoms with E-state index in [1.165, 1.54) is 16.7 Å². The summed E-state index contributed by atoms with van der Waals surface area (Å²) >= 11 is 0. The standard InChI is InChI=1S/C15H25NO/c1-11-7-6-8-12(2)15(11)10-14(16-4)9-13(3)17-5/h6-8,13-14,16H,9-10H2,1-5H3. The summed E-state index contributed by atoms with van der Waals surface area (Å²) in [6.07, 6.45) is 2.42. The summed E-state index contributed by atoms with van der Waals surface area (Å²) < 4.78 is 5.34. The van der Waals surface area contributed by atoms with E-state index in [-0.39, 0.29) is 0 Å². The molecule has 0 saturated heterocycles. The third-order valence-electron chi connectivity index (χ3n) is 3.52. The monoisotopic (exact) mass is 235 g/mol. The van der Waals surface area contributed by atoms with Gasteiger partial charge in [0.15, 0.2) is 0 Å². The van der Waals surface area contributed by atoms with Gasteiger partial charge < -0.3 is 10.1 Å². The third kappa shape index (κ3) is 4.14. The fourth-order valence-electron chi connectivity index (χ4n) is 2.22. The van der Waals surface area contributed by atoms with E-state index in [1.54, 1.807) is 7.11 Å². The summed E-state index contributed by atoms with van der Waals surface area (Å²) in [6, 6.07) is 6.98. The molecule has 0 aromatic heterocycles. The highest BCUT2D eigenvalue weighted by Gasteiger charge is 2.13. The predicted octanol–water partition coefficient (Wildman–Crippen LogP) is 2.86. The van der Waals surface area contributed by atoms with Crippen molar-refractivity contribution in [2.45, 2.75) is 45.8 Å². The van der Waals surface area contributed by atoms with Crippen molar-refractivity contribution in [1.29, 1.82) is 0 Å². The molecule has 1 aromatic carbocycles. The quantitative estimate of drug-likeness (QED) is 0.818. The van der Waals surface area contributed by atoms with E-state index in [0.717, 1.165) is 12.8 Å². The molecule has 2 heteroatoms. The first-order valence-electron chi connectivity index (χ1n) is 6.33. The zero-order valence-corrected chi connectivity index (χ0v) is 11.7. The van der Waals surface area contributed by atoms with Gasteiger partial charge in [-0.15, -0.1) is 0 Å². The van der Waals surface area contributed by atoms with Gasteiger partial charge in [-0.05, 0) is 57.4 Å². The van der Waals surface area contributed by atoms with E-state index >= 15 is 0 Å². The second-order valence-corrected chi connectivity index (χ2v) is 4.84.